The first-order chi connectivity index (χ1) is 9.38. The molecular weight excluding hydrogens is 382 g/mol. The van der Waals surface area contributed by atoms with Gasteiger partial charge in [0.15, 0.2) is 0 Å². The average Bonchev–Trinajstić information content (AvgIpc) is 2.38. The molecule has 0 bridgehead atoms. The number of anilines is 1. The Balaban J connectivity index is 2.30. The number of halogens is 2. The van der Waals surface area contributed by atoms with Gasteiger partial charge in [-0.05, 0) is 61.7 Å². The Kier molecular flexibility index (Phi) is 4.66. The SMILES string of the molecule is Cc1ccc(Br)cc1C(=O)Nc1cc(C)c(Br)c(C)c1. The van der Waals surface area contributed by atoms with Gasteiger partial charge in [0.1, 0.15) is 0 Å². The lowest BCUT2D eigenvalue weighted by Gasteiger charge is -2.11. The molecule has 2 rings (SSSR count). The minimum Gasteiger partial charge on any atom is -0.322 e. The maximum atomic E-state index is 12.4. The highest BCUT2D eigenvalue weighted by atomic mass is 79.9. The highest BCUT2D eigenvalue weighted by Crippen LogP contribution is 2.25. The number of benzene rings is 2. The van der Waals surface area contributed by atoms with E-state index in [-0.39, 0.29) is 5.91 Å². The number of aryl methyl sites for hydroxylation is 3. The van der Waals surface area contributed by atoms with E-state index in [0.29, 0.717) is 5.56 Å². The van der Waals surface area contributed by atoms with E-state index >= 15 is 0 Å². The molecule has 0 aliphatic rings. The second-order valence-electron chi connectivity index (χ2n) is 4.84. The fourth-order valence-corrected chi connectivity index (χ4v) is 2.65. The Morgan fingerprint density at radius 3 is 2.15 bits per heavy atom. The quantitative estimate of drug-likeness (QED) is 0.724. The summed E-state index contributed by atoms with van der Waals surface area (Å²) in [5.41, 5.74) is 4.65. The lowest BCUT2D eigenvalue weighted by molar-refractivity contribution is 0.102. The number of nitrogens with one attached hydrogen (secondary N) is 1. The summed E-state index contributed by atoms with van der Waals surface area (Å²) in [7, 11) is 0. The Morgan fingerprint density at radius 2 is 1.55 bits per heavy atom. The zero-order valence-corrected chi connectivity index (χ0v) is 14.7. The monoisotopic (exact) mass is 395 g/mol. The van der Waals surface area contributed by atoms with Crippen molar-refractivity contribution in [1.82, 2.24) is 0 Å². The Hall–Kier alpha value is -1.13. The largest absolute Gasteiger partial charge is 0.322 e. The molecule has 20 heavy (non-hydrogen) atoms. The molecule has 0 saturated heterocycles. The number of carbonyl (C=O) groups is 1. The van der Waals surface area contributed by atoms with Gasteiger partial charge in [0.2, 0.25) is 0 Å². The predicted molar refractivity (Wildman–Crippen MR) is 90.4 cm³/mol. The summed E-state index contributed by atoms with van der Waals surface area (Å²) in [6.07, 6.45) is 0. The van der Waals surface area contributed by atoms with Crippen molar-refractivity contribution < 1.29 is 4.79 Å². The van der Waals surface area contributed by atoms with Crippen molar-refractivity contribution in [2.45, 2.75) is 20.8 Å². The first-order valence-corrected chi connectivity index (χ1v) is 7.81. The second-order valence-corrected chi connectivity index (χ2v) is 6.55. The fraction of sp³-hybridized carbons (Fsp3) is 0.188. The molecule has 0 aliphatic carbocycles. The topological polar surface area (TPSA) is 29.1 Å². The van der Waals surface area contributed by atoms with Crippen molar-refractivity contribution in [2.24, 2.45) is 0 Å². The predicted octanol–water partition coefficient (Wildman–Crippen LogP) is 5.39. The van der Waals surface area contributed by atoms with Gasteiger partial charge < -0.3 is 5.32 Å². The zero-order chi connectivity index (χ0) is 14.9. The molecule has 0 heterocycles. The van der Waals surface area contributed by atoms with Gasteiger partial charge in [0.05, 0.1) is 0 Å². The molecule has 0 aromatic heterocycles. The normalized spacial score (nSPS) is 10.4. The van der Waals surface area contributed by atoms with Crippen LogP contribution in [0.25, 0.3) is 0 Å². The van der Waals surface area contributed by atoms with E-state index in [2.05, 4.69) is 37.2 Å². The summed E-state index contributed by atoms with van der Waals surface area (Å²) in [6, 6.07) is 9.62. The van der Waals surface area contributed by atoms with Crippen LogP contribution in [0.2, 0.25) is 0 Å². The molecule has 0 saturated carbocycles. The van der Waals surface area contributed by atoms with Crippen LogP contribution in [-0.4, -0.2) is 5.91 Å². The summed E-state index contributed by atoms with van der Waals surface area (Å²) in [6.45, 7) is 5.95. The van der Waals surface area contributed by atoms with E-state index in [4.69, 9.17) is 0 Å². The van der Waals surface area contributed by atoms with E-state index in [9.17, 15) is 4.79 Å². The van der Waals surface area contributed by atoms with Crippen LogP contribution in [-0.2, 0) is 0 Å². The molecule has 4 heteroatoms. The minimum absolute atomic E-state index is 0.0927. The summed E-state index contributed by atoms with van der Waals surface area (Å²) in [5, 5.41) is 2.95. The van der Waals surface area contributed by atoms with Crippen LogP contribution in [0.3, 0.4) is 0 Å². The zero-order valence-electron chi connectivity index (χ0n) is 11.6. The van der Waals surface area contributed by atoms with Gasteiger partial charge in [0.25, 0.3) is 5.91 Å². The molecular formula is C16H15Br2NO. The molecule has 2 nitrogen and oxygen atoms in total. The molecule has 0 radical (unpaired) electrons. The highest BCUT2D eigenvalue weighted by molar-refractivity contribution is 9.10. The number of hydrogen-bond donors (Lipinski definition) is 1. The lowest BCUT2D eigenvalue weighted by Crippen LogP contribution is -2.13. The van der Waals surface area contributed by atoms with Gasteiger partial charge in [-0.3, -0.25) is 4.79 Å². The van der Waals surface area contributed by atoms with E-state index in [1.54, 1.807) is 0 Å². The van der Waals surface area contributed by atoms with E-state index in [1.165, 1.54) is 0 Å². The van der Waals surface area contributed by atoms with Gasteiger partial charge in [0, 0.05) is 20.2 Å². The summed E-state index contributed by atoms with van der Waals surface area (Å²) < 4.78 is 1.98. The summed E-state index contributed by atoms with van der Waals surface area (Å²) in [5.74, 6) is -0.0927. The first kappa shape index (κ1) is 15.3. The molecule has 2 aromatic rings. The molecule has 1 amide bonds. The van der Waals surface area contributed by atoms with Gasteiger partial charge in [-0.15, -0.1) is 0 Å². The van der Waals surface area contributed by atoms with Crippen molar-refractivity contribution in [1.29, 1.82) is 0 Å². The molecule has 1 N–H and O–H groups in total. The number of rotatable bonds is 2. The standard InChI is InChI=1S/C16H15Br2NO/c1-9-4-5-12(17)8-14(9)16(20)19-13-6-10(2)15(18)11(3)7-13/h4-8H,1-3H3,(H,19,20). The molecule has 0 atom stereocenters. The van der Waals surface area contributed by atoms with Crippen molar-refractivity contribution in [3.05, 3.63) is 61.5 Å². The van der Waals surface area contributed by atoms with Crippen molar-refractivity contribution in [3.8, 4) is 0 Å². The Labute approximate surface area is 135 Å². The molecule has 0 fully saturated rings. The molecule has 2 aromatic carbocycles. The Morgan fingerprint density at radius 1 is 0.950 bits per heavy atom. The number of carbonyl (C=O) groups excluding carboxylic acids is 1. The second kappa shape index (κ2) is 6.10. The third-order valence-electron chi connectivity index (χ3n) is 3.14. The van der Waals surface area contributed by atoms with E-state index in [1.807, 2.05) is 51.1 Å². The Bertz CT molecular complexity index is 657. The van der Waals surface area contributed by atoms with Crippen LogP contribution in [0.5, 0.6) is 0 Å². The minimum atomic E-state index is -0.0927. The van der Waals surface area contributed by atoms with E-state index < -0.39 is 0 Å². The number of amides is 1. The van der Waals surface area contributed by atoms with Crippen molar-refractivity contribution >= 4 is 43.5 Å². The smallest absolute Gasteiger partial charge is 0.255 e. The van der Waals surface area contributed by atoms with Crippen LogP contribution in [0, 0.1) is 20.8 Å². The molecule has 104 valence electrons. The van der Waals surface area contributed by atoms with Gasteiger partial charge in [-0.1, -0.05) is 37.9 Å². The van der Waals surface area contributed by atoms with Crippen LogP contribution in [0.1, 0.15) is 27.0 Å². The van der Waals surface area contributed by atoms with Crippen LogP contribution in [0.4, 0.5) is 5.69 Å². The first-order valence-electron chi connectivity index (χ1n) is 6.22. The third kappa shape index (κ3) is 3.30. The maximum absolute atomic E-state index is 12.4. The number of hydrogen-bond acceptors (Lipinski definition) is 1. The highest BCUT2D eigenvalue weighted by Gasteiger charge is 2.11. The van der Waals surface area contributed by atoms with Crippen molar-refractivity contribution in [2.75, 3.05) is 5.32 Å². The summed E-state index contributed by atoms with van der Waals surface area (Å²) in [4.78, 5) is 12.4. The fourth-order valence-electron chi connectivity index (χ4n) is 2.06. The molecule has 0 spiro atoms. The van der Waals surface area contributed by atoms with Crippen LogP contribution >= 0.6 is 31.9 Å². The lowest BCUT2D eigenvalue weighted by atomic mass is 10.1. The molecule has 0 aliphatic heterocycles. The van der Waals surface area contributed by atoms with Crippen LogP contribution < -0.4 is 5.32 Å². The third-order valence-corrected chi connectivity index (χ3v) is 4.88. The van der Waals surface area contributed by atoms with Gasteiger partial charge in [-0.2, -0.15) is 0 Å². The van der Waals surface area contributed by atoms with Gasteiger partial charge >= 0.3 is 0 Å². The van der Waals surface area contributed by atoms with Gasteiger partial charge in [-0.25, -0.2) is 0 Å². The maximum Gasteiger partial charge on any atom is 0.255 e. The van der Waals surface area contributed by atoms with E-state index in [0.717, 1.165) is 31.3 Å². The summed E-state index contributed by atoms with van der Waals surface area (Å²) >= 11 is 6.92. The van der Waals surface area contributed by atoms with Crippen LogP contribution in [0.15, 0.2) is 39.3 Å². The molecule has 0 unspecified atom stereocenters. The average molecular weight is 397 g/mol. The van der Waals surface area contributed by atoms with Crippen molar-refractivity contribution in [3.63, 3.8) is 0 Å².